The Bertz CT molecular complexity index is 1230. The second kappa shape index (κ2) is 9.43. The molecule has 1 aliphatic rings. The van der Waals surface area contributed by atoms with E-state index in [1.54, 1.807) is 18.1 Å². The molecule has 0 unspecified atom stereocenters. The zero-order valence-corrected chi connectivity index (χ0v) is 22.0. The van der Waals surface area contributed by atoms with Crippen LogP contribution in [0.3, 0.4) is 0 Å². The molecule has 2 aromatic heterocycles. The van der Waals surface area contributed by atoms with Gasteiger partial charge in [0, 0.05) is 5.75 Å². The van der Waals surface area contributed by atoms with Gasteiger partial charge in [0.1, 0.15) is 23.5 Å². The molecule has 0 aliphatic carbocycles. The molecular weight excluding hydrogens is 484 g/mol. The molecule has 0 N–H and O–H groups in total. The highest BCUT2D eigenvalue weighted by Gasteiger charge is 2.50. The molecule has 3 heterocycles. The third-order valence-electron chi connectivity index (χ3n) is 6.21. The third-order valence-corrected chi connectivity index (χ3v) is 12.6. The molecule has 0 radical (unpaired) electrons. The lowest BCUT2D eigenvalue weighted by Crippen LogP contribution is -2.67. The number of hydrogen-bond donors (Lipinski definition) is 0. The predicted molar refractivity (Wildman–Crippen MR) is 140 cm³/mol. The van der Waals surface area contributed by atoms with Crippen LogP contribution in [0, 0.1) is 0 Å². The molecule has 34 heavy (non-hydrogen) atoms. The van der Waals surface area contributed by atoms with Crippen LogP contribution in [-0.4, -0.2) is 45.6 Å². The number of rotatable bonds is 6. The van der Waals surface area contributed by atoms with Crippen molar-refractivity contribution in [3.05, 3.63) is 78.5 Å². The average molecular weight is 511 g/mol. The minimum atomic E-state index is -2.61. The van der Waals surface area contributed by atoms with Crippen molar-refractivity contribution >= 4 is 53.2 Å². The molecule has 2 atom stereocenters. The second-order valence-corrected chi connectivity index (χ2v) is 15.2. The summed E-state index contributed by atoms with van der Waals surface area (Å²) in [6.07, 6.45) is 2.99. The van der Waals surface area contributed by atoms with Crippen LogP contribution in [0.25, 0.3) is 11.2 Å². The number of thioether (sulfide) groups is 1. The summed E-state index contributed by atoms with van der Waals surface area (Å²) in [4.78, 5) is 12.8. The first-order chi connectivity index (χ1) is 16.4. The number of imidazole rings is 1. The van der Waals surface area contributed by atoms with Gasteiger partial charge < -0.3 is 9.16 Å². The molecule has 1 saturated heterocycles. The summed E-state index contributed by atoms with van der Waals surface area (Å²) in [6.45, 7) is 7.35. The van der Waals surface area contributed by atoms with E-state index in [2.05, 4.69) is 96.4 Å². The molecule has 2 aromatic carbocycles. The number of nitrogens with zero attached hydrogens (tertiary/aromatic N) is 4. The monoisotopic (exact) mass is 510 g/mol. The van der Waals surface area contributed by atoms with Crippen molar-refractivity contribution in [2.45, 2.75) is 37.5 Å². The summed E-state index contributed by atoms with van der Waals surface area (Å²) in [6, 6.07) is 21.3. The smallest absolute Gasteiger partial charge is 0.261 e. The number of ether oxygens (including phenoxy) is 1. The Morgan fingerprint density at radius 3 is 2.29 bits per heavy atom. The highest BCUT2D eigenvalue weighted by Crippen LogP contribution is 2.39. The molecule has 1 aliphatic heterocycles. The average Bonchev–Trinajstić information content (AvgIpc) is 3.48. The van der Waals surface area contributed by atoms with E-state index < -0.39 is 8.32 Å². The van der Waals surface area contributed by atoms with Crippen molar-refractivity contribution in [2.24, 2.45) is 0 Å². The first-order valence-electron chi connectivity index (χ1n) is 11.3. The van der Waals surface area contributed by atoms with Crippen LogP contribution in [0.4, 0.5) is 0 Å². The molecule has 0 bridgehead atoms. The molecule has 6 nitrogen and oxygen atoms in total. The fraction of sp³-hybridized carbons (Fsp3) is 0.320. The van der Waals surface area contributed by atoms with Gasteiger partial charge in [0.15, 0.2) is 10.8 Å². The van der Waals surface area contributed by atoms with Crippen LogP contribution in [-0.2, 0) is 9.16 Å². The minimum absolute atomic E-state index is 0.0768. The molecule has 1 fully saturated rings. The maximum Gasteiger partial charge on any atom is 0.261 e. The highest BCUT2D eigenvalue weighted by atomic mass is 35.5. The Kier molecular flexibility index (Phi) is 6.52. The quantitative estimate of drug-likeness (QED) is 0.278. The summed E-state index contributed by atoms with van der Waals surface area (Å²) >= 11 is 7.93. The summed E-state index contributed by atoms with van der Waals surface area (Å²) in [5, 5.41) is 2.80. The maximum atomic E-state index is 7.04. The normalized spacial score (nSPS) is 19.1. The van der Waals surface area contributed by atoms with Crippen LogP contribution in [0.2, 0.25) is 10.2 Å². The van der Waals surface area contributed by atoms with Gasteiger partial charge in [-0.3, -0.25) is 4.57 Å². The first-order valence-corrected chi connectivity index (χ1v) is 14.6. The zero-order valence-electron chi connectivity index (χ0n) is 19.4. The molecule has 176 valence electrons. The lowest BCUT2D eigenvalue weighted by Gasteiger charge is -2.43. The summed E-state index contributed by atoms with van der Waals surface area (Å²) in [7, 11) is -2.61. The summed E-state index contributed by atoms with van der Waals surface area (Å²) in [5.41, 5.74) is 1.17. The fourth-order valence-electron chi connectivity index (χ4n) is 4.67. The fourth-order valence-corrected chi connectivity index (χ4v) is 10.5. The van der Waals surface area contributed by atoms with Crippen LogP contribution in [0.1, 0.15) is 27.0 Å². The molecule has 4 aromatic rings. The predicted octanol–water partition coefficient (Wildman–Crippen LogP) is 4.64. The van der Waals surface area contributed by atoms with E-state index in [1.807, 2.05) is 4.57 Å². The van der Waals surface area contributed by atoms with Crippen LogP contribution in [0.5, 0.6) is 0 Å². The lowest BCUT2D eigenvalue weighted by molar-refractivity contribution is 0.000994. The number of aromatic nitrogens is 4. The van der Waals surface area contributed by atoms with Crippen molar-refractivity contribution in [2.75, 3.05) is 12.4 Å². The molecule has 9 heteroatoms. The van der Waals surface area contributed by atoms with Gasteiger partial charge in [0.25, 0.3) is 8.32 Å². The van der Waals surface area contributed by atoms with E-state index in [0.29, 0.717) is 22.9 Å². The Balaban J connectivity index is 1.42. The topological polar surface area (TPSA) is 62.1 Å². The summed E-state index contributed by atoms with van der Waals surface area (Å²) < 4.78 is 15.4. The number of hydrogen-bond acceptors (Lipinski definition) is 6. The van der Waals surface area contributed by atoms with Gasteiger partial charge in [0.05, 0.1) is 12.9 Å². The van der Waals surface area contributed by atoms with Gasteiger partial charge in [-0.15, -0.1) is 11.8 Å². The molecular formula is C25H27ClN4O2SSi. The largest absolute Gasteiger partial charge is 0.404 e. The number of halogens is 1. The Morgan fingerprint density at radius 2 is 1.68 bits per heavy atom. The van der Waals surface area contributed by atoms with E-state index in [-0.39, 0.29) is 16.7 Å². The molecule has 5 rings (SSSR count). The van der Waals surface area contributed by atoms with Crippen molar-refractivity contribution in [1.29, 1.82) is 0 Å². The van der Waals surface area contributed by atoms with Crippen molar-refractivity contribution in [3.8, 4) is 0 Å². The zero-order chi connectivity index (χ0) is 23.8. The molecule has 0 spiro atoms. The lowest BCUT2D eigenvalue weighted by atomic mass is 10.2. The van der Waals surface area contributed by atoms with Gasteiger partial charge in [-0.25, -0.2) is 15.0 Å². The summed E-state index contributed by atoms with van der Waals surface area (Å²) in [5.74, 6) is 0.780. The highest BCUT2D eigenvalue weighted by molar-refractivity contribution is 8.00. The van der Waals surface area contributed by atoms with E-state index in [9.17, 15) is 0 Å². The maximum absolute atomic E-state index is 7.04. The number of benzene rings is 2. The standard InChI is InChI=1S/C25H27ClN4O2SSi/c1-25(2,3)34(18-10-6-4-7-11-18,19-12-8-5-9-13-19)31-14-21-32-20(15-33-21)30-17-29-22-23(26)27-16-28-24(22)30/h4-13,16-17,20-21H,14-15H2,1-3H3/t20-,21+/m0/s1. The Morgan fingerprint density at radius 1 is 1.03 bits per heavy atom. The Hall–Kier alpha value is -2.23. The van der Waals surface area contributed by atoms with E-state index in [1.165, 1.54) is 16.7 Å². The first kappa shape index (κ1) is 23.5. The van der Waals surface area contributed by atoms with E-state index in [4.69, 9.17) is 20.8 Å². The van der Waals surface area contributed by atoms with Crippen LogP contribution in [0.15, 0.2) is 73.3 Å². The van der Waals surface area contributed by atoms with Gasteiger partial charge in [0.2, 0.25) is 0 Å². The minimum Gasteiger partial charge on any atom is -0.404 e. The molecule has 0 saturated carbocycles. The number of fused-ring (bicyclic) bond motifs is 1. The van der Waals surface area contributed by atoms with Gasteiger partial charge >= 0.3 is 0 Å². The SMILES string of the molecule is CC(C)(C)[Si](OC[C@@H]1O[C@H](n2cnc3c(Cl)ncnc32)CS1)(c1ccccc1)c1ccccc1. The van der Waals surface area contributed by atoms with E-state index >= 15 is 0 Å². The van der Waals surface area contributed by atoms with Crippen LogP contribution >= 0.6 is 23.4 Å². The van der Waals surface area contributed by atoms with Gasteiger partial charge in [-0.2, -0.15) is 0 Å². The van der Waals surface area contributed by atoms with E-state index in [0.717, 1.165) is 5.75 Å². The van der Waals surface area contributed by atoms with Gasteiger partial charge in [-0.05, 0) is 15.4 Å². The van der Waals surface area contributed by atoms with Crippen molar-refractivity contribution in [1.82, 2.24) is 19.5 Å². The van der Waals surface area contributed by atoms with Crippen molar-refractivity contribution < 1.29 is 9.16 Å². The Labute approximate surface area is 209 Å². The van der Waals surface area contributed by atoms with Crippen molar-refractivity contribution in [3.63, 3.8) is 0 Å². The third kappa shape index (κ3) is 4.18. The van der Waals surface area contributed by atoms with Gasteiger partial charge in [-0.1, -0.05) is 93.0 Å². The van der Waals surface area contributed by atoms with Crippen LogP contribution < -0.4 is 10.4 Å². The molecule has 0 amide bonds. The second-order valence-electron chi connectivity index (χ2n) is 9.32.